The molecule has 5 rings (SSSR count). The van der Waals surface area contributed by atoms with Gasteiger partial charge in [0.15, 0.2) is 0 Å². The molecule has 0 saturated carbocycles. The van der Waals surface area contributed by atoms with Crippen molar-refractivity contribution in [2.24, 2.45) is 0 Å². The minimum absolute atomic E-state index is 0.0165. The number of pyridine rings is 1. The summed E-state index contributed by atoms with van der Waals surface area (Å²) in [5, 5.41) is 7.74. The number of ether oxygens (including phenoxy) is 1. The van der Waals surface area contributed by atoms with E-state index in [0.717, 1.165) is 47.0 Å². The van der Waals surface area contributed by atoms with Crippen LogP contribution in [0.3, 0.4) is 0 Å². The molecule has 5 aromatic rings. The highest BCUT2D eigenvalue weighted by atomic mass is 32.2. The zero-order chi connectivity index (χ0) is 20.5. The quantitative estimate of drug-likeness (QED) is 0.293. The largest absolute Gasteiger partial charge is 0.497 e. The molecule has 4 aromatic heterocycles. The van der Waals surface area contributed by atoms with Gasteiger partial charge >= 0.3 is 0 Å². The Morgan fingerprint density at radius 2 is 2.17 bits per heavy atom. The Balaban J connectivity index is 1.42. The van der Waals surface area contributed by atoms with Crippen LogP contribution in [0, 0.1) is 0 Å². The highest BCUT2D eigenvalue weighted by Crippen LogP contribution is 2.38. The van der Waals surface area contributed by atoms with Gasteiger partial charge in [-0.1, -0.05) is 17.8 Å². The minimum atomic E-state index is -0.0165. The van der Waals surface area contributed by atoms with Crippen LogP contribution >= 0.6 is 34.4 Å². The number of benzene rings is 1. The van der Waals surface area contributed by atoms with Crippen molar-refractivity contribution in [2.75, 3.05) is 12.9 Å². The van der Waals surface area contributed by atoms with Crippen molar-refractivity contribution in [2.45, 2.75) is 11.6 Å². The van der Waals surface area contributed by atoms with Gasteiger partial charge in [-0.15, -0.1) is 22.7 Å². The van der Waals surface area contributed by atoms with Crippen LogP contribution in [0.4, 0.5) is 0 Å². The summed E-state index contributed by atoms with van der Waals surface area (Å²) in [6, 6.07) is 11.9. The SMILES string of the molecule is COc1ccc2nc3sc4c(SCC(=O)NCc5cccs5)ncnc4c3cc2c1. The number of methoxy groups -OCH3 is 1. The van der Waals surface area contributed by atoms with E-state index in [1.165, 1.54) is 11.8 Å². The third-order valence-corrected chi connectivity index (χ3v) is 7.68. The summed E-state index contributed by atoms with van der Waals surface area (Å²) in [7, 11) is 1.65. The number of hydrogen-bond acceptors (Lipinski definition) is 8. The zero-order valence-corrected chi connectivity index (χ0v) is 18.4. The van der Waals surface area contributed by atoms with Crippen LogP contribution in [-0.2, 0) is 11.3 Å². The number of hydrogen-bond donors (Lipinski definition) is 1. The first-order valence-corrected chi connectivity index (χ1v) is 11.8. The Hall–Kier alpha value is -2.75. The van der Waals surface area contributed by atoms with Crippen LogP contribution in [-0.4, -0.2) is 33.7 Å². The zero-order valence-electron chi connectivity index (χ0n) is 15.9. The molecule has 0 aliphatic heterocycles. The van der Waals surface area contributed by atoms with E-state index in [4.69, 9.17) is 9.72 Å². The van der Waals surface area contributed by atoms with Gasteiger partial charge < -0.3 is 10.1 Å². The minimum Gasteiger partial charge on any atom is -0.497 e. The summed E-state index contributed by atoms with van der Waals surface area (Å²) in [4.78, 5) is 28.0. The van der Waals surface area contributed by atoms with Crippen LogP contribution in [0.25, 0.3) is 31.3 Å². The van der Waals surface area contributed by atoms with Gasteiger partial charge in [-0.25, -0.2) is 15.0 Å². The Labute approximate surface area is 184 Å². The number of rotatable bonds is 6. The number of fused-ring (bicyclic) bond motifs is 4. The molecule has 0 saturated heterocycles. The lowest BCUT2D eigenvalue weighted by Gasteiger charge is -2.04. The maximum Gasteiger partial charge on any atom is 0.230 e. The van der Waals surface area contributed by atoms with E-state index in [1.54, 1.807) is 36.1 Å². The summed E-state index contributed by atoms with van der Waals surface area (Å²) >= 11 is 4.61. The summed E-state index contributed by atoms with van der Waals surface area (Å²) in [5.41, 5.74) is 1.77. The van der Waals surface area contributed by atoms with Crippen molar-refractivity contribution in [3.8, 4) is 5.75 Å². The first-order chi connectivity index (χ1) is 14.7. The highest BCUT2D eigenvalue weighted by molar-refractivity contribution is 8.00. The smallest absolute Gasteiger partial charge is 0.230 e. The van der Waals surface area contributed by atoms with Gasteiger partial charge in [0, 0.05) is 15.6 Å². The second-order valence-corrected chi connectivity index (χ2v) is 9.50. The molecule has 1 amide bonds. The molecular formula is C21H16N4O2S3. The molecule has 6 nitrogen and oxygen atoms in total. The molecule has 0 unspecified atom stereocenters. The van der Waals surface area contributed by atoms with Crippen LogP contribution < -0.4 is 10.1 Å². The average Bonchev–Trinajstić information content (AvgIpc) is 3.42. The first kappa shape index (κ1) is 19.2. The summed E-state index contributed by atoms with van der Waals surface area (Å²) in [6.07, 6.45) is 1.55. The molecule has 0 aliphatic rings. The predicted molar refractivity (Wildman–Crippen MR) is 124 cm³/mol. The van der Waals surface area contributed by atoms with Crippen molar-refractivity contribution >= 4 is 71.7 Å². The standard InChI is InChI=1S/C21H16N4O2S3/c1-27-13-4-5-16-12(7-13)8-15-18-19(30-20(15)25-16)21(24-11-23-18)29-10-17(26)22-9-14-3-2-6-28-14/h2-8,11H,9-10H2,1H3,(H,22,26). The first-order valence-electron chi connectivity index (χ1n) is 9.15. The molecule has 9 heteroatoms. The van der Waals surface area contributed by atoms with Gasteiger partial charge in [0.1, 0.15) is 21.9 Å². The Morgan fingerprint density at radius 3 is 3.00 bits per heavy atom. The van der Waals surface area contributed by atoms with Gasteiger partial charge in [0.05, 0.1) is 35.1 Å². The predicted octanol–water partition coefficient (Wildman–Crippen LogP) is 4.87. The fourth-order valence-corrected chi connectivity index (χ4v) is 5.80. The molecule has 150 valence electrons. The second kappa shape index (κ2) is 8.17. The second-order valence-electron chi connectivity index (χ2n) is 6.50. The molecule has 0 bridgehead atoms. The molecule has 1 N–H and O–H groups in total. The highest BCUT2D eigenvalue weighted by Gasteiger charge is 2.15. The maximum absolute atomic E-state index is 12.2. The Morgan fingerprint density at radius 1 is 1.23 bits per heavy atom. The Kier molecular flexibility index (Phi) is 5.24. The van der Waals surface area contributed by atoms with Gasteiger partial charge in [-0.05, 0) is 35.7 Å². The number of aromatic nitrogens is 3. The van der Waals surface area contributed by atoms with Crippen LogP contribution in [0.2, 0.25) is 0 Å². The molecule has 4 heterocycles. The number of carbonyl (C=O) groups excluding carboxylic acids is 1. The number of nitrogens with zero attached hydrogens (tertiary/aromatic N) is 3. The fourth-order valence-electron chi connectivity index (χ4n) is 3.14. The van der Waals surface area contributed by atoms with Crippen molar-refractivity contribution in [3.63, 3.8) is 0 Å². The van der Waals surface area contributed by atoms with E-state index in [2.05, 4.69) is 21.4 Å². The van der Waals surface area contributed by atoms with Crippen molar-refractivity contribution < 1.29 is 9.53 Å². The van der Waals surface area contributed by atoms with Gasteiger partial charge in [-0.2, -0.15) is 0 Å². The molecule has 0 radical (unpaired) electrons. The van der Waals surface area contributed by atoms with E-state index in [9.17, 15) is 4.79 Å². The normalized spacial score (nSPS) is 11.4. The van der Waals surface area contributed by atoms with Gasteiger partial charge in [0.2, 0.25) is 5.91 Å². The lowest BCUT2D eigenvalue weighted by atomic mass is 10.1. The van der Waals surface area contributed by atoms with Crippen molar-refractivity contribution in [1.82, 2.24) is 20.3 Å². The van der Waals surface area contributed by atoms with E-state index in [0.29, 0.717) is 12.3 Å². The van der Waals surface area contributed by atoms with Crippen molar-refractivity contribution in [1.29, 1.82) is 0 Å². The third-order valence-electron chi connectivity index (χ3n) is 4.59. The lowest BCUT2D eigenvalue weighted by Crippen LogP contribution is -2.24. The molecular weight excluding hydrogens is 436 g/mol. The molecule has 1 aromatic carbocycles. The molecule has 0 aliphatic carbocycles. The van der Waals surface area contributed by atoms with E-state index in [-0.39, 0.29) is 5.91 Å². The van der Waals surface area contributed by atoms with E-state index < -0.39 is 0 Å². The number of carbonyl (C=O) groups is 1. The lowest BCUT2D eigenvalue weighted by molar-refractivity contribution is -0.118. The van der Waals surface area contributed by atoms with Crippen LogP contribution in [0.5, 0.6) is 5.75 Å². The van der Waals surface area contributed by atoms with Crippen LogP contribution in [0.1, 0.15) is 4.88 Å². The summed E-state index contributed by atoms with van der Waals surface area (Å²) < 4.78 is 6.29. The number of nitrogens with one attached hydrogen (secondary N) is 1. The molecule has 0 spiro atoms. The fraction of sp³-hybridized carbons (Fsp3) is 0.143. The molecule has 30 heavy (non-hydrogen) atoms. The molecule has 0 fully saturated rings. The monoisotopic (exact) mass is 452 g/mol. The van der Waals surface area contributed by atoms with E-state index >= 15 is 0 Å². The topological polar surface area (TPSA) is 77.0 Å². The summed E-state index contributed by atoms with van der Waals surface area (Å²) in [5.74, 6) is 1.08. The number of amides is 1. The third kappa shape index (κ3) is 3.71. The van der Waals surface area contributed by atoms with Crippen LogP contribution in [0.15, 0.2) is 53.1 Å². The molecule has 0 atom stereocenters. The summed E-state index contributed by atoms with van der Waals surface area (Å²) in [6.45, 7) is 0.555. The van der Waals surface area contributed by atoms with Gasteiger partial charge in [0.25, 0.3) is 0 Å². The number of thioether (sulfide) groups is 1. The number of thiophene rings is 2. The Bertz CT molecular complexity index is 1370. The van der Waals surface area contributed by atoms with E-state index in [1.807, 2.05) is 35.7 Å². The average molecular weight is 453 g/mol. The van der Waals surface area contributed by atoms with Gasteiger partial charge in [-0.3, -0.25) is 4.79 Å². The van der Waals surface area contributed by atoms with Crippen molar-refractivity contribution in [3.05, 3.63) is 53.0 Å². The maximum atomic E-state index is 12.2.